The number of carbonyl (C=O) groups is 1. The molecule has 104 valence electrons. The van der Waals surface area contributed by atoms with E-state index in [0.717, 1.165) is 25.3 Å². The summed E-state index contributed by atoms with van der Waals surface area (Å²) in [6.07, 6.45) is 6.04. The molecule has 3 atom stereocenters. The van der Waals surface area contributed by atoms with Crippen molar-refractivity contribution in [2.45, 2.75) is 71.4 Å². The molecule has 0 aromatic heterocycles. The highest BCUT2D eigenvalue weighted by Gasteiger charge is 2.40. The molecule has 18 heavy (non-hydrogen) atoms. The van der Waals surface area contributed by atoms with Gasteiger partial charge in [0.25, 0.3) is 0 Å². The van der Waals surface area contributed by atoms with Gasteiger partial charge in [-0.2, -0.15) is 0 Å². The van der Waals surface area contributed by atoms with E-state index in [4.69, 9.17) is 4.74 Å². The minimum Gasteiger partial charge on any atom is -0.444 e. The van der Waals surface area contributed by atoms with E-state index < -0.39 is 0 Å². The quantitative estimate of drug-likeness (QED) is 0.656. The number of amides is 1. The van der Waals surface area contributed by atoms with E-state index in [1.807, 2.05) is 25.7 Å². The smallest absolute Gasteiger partial charge is 0.410 e. The minimum absolute atomic E-state index is 0.105. The fourth-order valence-electron chi connectivity index (χ4n) is 3.53. The van der Waals surface area contributed by atoms with Gasteiger partial charge in [-0.25, -0.2) is 4.79 Å². The third-order valence-electron chi connectivity index (χ3n) is 4.35. The maximum atomic E-state index is 12.3. The highest BCUT2D eigenvalue weighted by Crippen LogP contribution is 2.39. The van der Waals surface area contributed by atoms with Crippen LogP contribution in [-0.4, -0.2) is 29.2 Å². The van der Waals surface area contributed by atoms with E-state index in [0.29, 0.717) is 12.0 Å². The summed E-state index contributed by atoms with van der Waals surface area (Å²) >= 11 is 0. The number of rotatable bonds is 0. The topological polar surface area (TPSA) is 29.5 Å². The normalized spacial score (nSPS) is 32.9. The summed E-state index contributed by atoms with van der Waals surface area (Å²) in [5.74, 6) is 1.45. The highest BCUT2D eigenvalue weighted by atomic mass is 16.6. The van der Waals surface area contributed by atoms with Crippen LogP contribution >= 0.6 is 0 Å². The summed E-state index contributed by atoms with van der Waals surface area (Å²) in [5, 5.41) is 0. The lowest BCUT2D eigenvalue weighted by atomic mass is 9.72. The van der Waals surface area contributed by atoms with Crippen molar-refractivity contribution in [3.05, 3.63) is 0 Å². The van der Waals surface area contributed by atoms with Crippen molar-refractivity contribution in [1.29, 1.82) is 0 Å². The van der Waals surface area contributed by atoms with Crippen molar-refractivity contribution in [2.24, 2.45) is 11.8 Å². The zero-order chi connectivity index (χ0) is 13.3. The van der Waals surface area contributed by atoms with Crippen LogP contribution in [0.3, 0.4) is 0 Å². The molecule has 1 saturated heterocycles. The number of fused-ring (bicyclic) bond motifs is 1. The Kier molecular flexibility index (Phi) is 3.88. The van der Waals surface area contributed by atoms with Crippen molar-refractivity contribution in [3.63, 3.8) is 0 Å². The number of piperidine rings is 1. The number of hydrogen-bond acceptors (Lipinski definition) is 2. The zero-order valence-corrected chi connectivity index (χ0v) is 12.2. The van der Waals surface area contributed by atoms with Gasteiger partial charge >= 0.3 is 6.09 Å². The number of ether oxygens (including phenoxy) is 1. The molecule has 3 heteroatoms. The molecular formula is C15H27NO2. The van der Waals surface area contributed by atoms with Gasteiger partial charge in [-0.1, -0.05) is 19.8 Å². The molecule has 0 aromatic rings. The van der Waals surface area contributed by atoms with Crippen LogP contribution in [-0.2, 0) is 4.74 Å². The van der Waals surface area contributed by atoms with Gasteiger partial charge in [-0.15, -0.1) is 0 Å². The average Bonchev–Trinajstić information content (AvgIpc) is 2.26. The molecule has 0 spiro atoms. The van der Waals surface area contributed by atoms with Crippen LogP contribution in [0.25, 0.3) is 0 Å². The molecule has 1 unspecified atom stereocenters. The van der Waals surface area contributed by atoms with Crippen molar-refractivity contribution in [2.75, 3.05) is 6.54 Å². The molecular weight excluding hydrogens is 226 g/mol. The summed E-state index contributed by atoms with van der Waals surface area (Å²) in [7, 11) is 0. The SMILES string of the molecule is CC1CCC[C@@H]2[C@H]1CCCN2C(=O)OC(C)(C)C. The first-order valence-electron chi connectivity index (χ1n) is 7.38. The lowest BCUT2D eigenvalue weighted by molar-refractivity contribution is -0.0161. The molecule has 0 N–H and O–H groups in total. The summed E-state index contributed by atoms with van der Waals surface area (Å²) in [5.41, 5.74) is -0.385. The molecule has 1 aliphatic carbocycles. The fourth-order valence-corrected chi connectivity index (χ4v) is 3.53. The first-order chi connectivity index (χ1) is 8.38. The van der Waals surface area contributed by atoms with Crippen molar-refractivity contribution >= 4 is 6.09 Å². The standard InChI is InChI=1S/C15H27NO2/c1-11-7-5-9-13-12(11)8-6-10-16(13)14(17)18-15(2,3)4/h11-13H,5-10H2,1-4H3/t11?,12-,13+/m0/s1. The molecule has 0 aromatic carbocycles. The number of nitrogens with zero attached hydrogens (tertiary/aromatic N) is 1. The van der Waals surface area contributed by atoms with Crippen molar-refractivity contribution < 1.29 is 9.53 Å². The molecule has 2 aliphatic rings. The maximum absolute atomic E-state index is 12.3. The van der Waals surface area contributed by atoms with Gasteiger partial charge in [-0.05, 0) is 51.9 Å². The van der Waals surface area contributed by atoms with Crippen LogP contribution in [0.15, 0.2) is 0 Å². The van der Waals surface area contributed by atoms with Gasteiger partial charge < -0.3 is 9.64 Å². The largest absolute Gasteiger partial charge is 0.444 e. The third kappa shape index (κ3) is 2.99. The summed E-state index contributed by atoms with van der Waals surface area (Å²) in [6, 6.07) is 0.428. The average molecular weight is 253 g/mol. The Morgan fingerprint density at radius 3 is 2.56 bits per heavy atom. The molecule has 0 radical (unpaired) electrons. The Bertz CT molecular complexity index is 308. The minimum atomic E-state index is -0.385. The zero-order valence-electron chi connectivity index (χ0n) is 12.2. The Morgan fingerprint density at radius 2 is 1.89 bits per heavy atom. The van der Waals surface area contributed by atoms with Crippen LogP contribution < -0.4 is 0 Å². The van der Waals surface area contributed by atoms with Crippen LogP contribution in [0, 0.1) is 11.8 Å². The van der Waals surface area contributed by atoms with E-state index >= 15 is 0 Å². The summed E-state index contributed by atoms with van der Waals surface area (Å²) < 4.78 is 5.55. The number of carbonyl (C=O) groups excluding carboxylic acids is 1. The predicted molar refractivity (Wildman–Crippen MR) is 72.5 cm³/mol. The van der Waals surface area contributed by atoms with Crippen LogP contribution in [0.4, 0.5) is 4.79 Å². The van der Waals surface area contributed by atoms with Gasteiger partial charge in [0.15, 0.2) is 0 Å². The van der Waals surface area contributed by atoms with Gasteiger partial charge in [0.2, 0.25) is 0 Å². The molecule has 1 amide bonds. The van der Waals surface area contributed by atoms with Gasteiger partial charge in [-0.3, -0.25) is 0 Å². The Hall–Kier alpha value is -0.730. The second-order valence-electron chi connectivity index (χ2n) is 6.96. The van der Waals surface area contributed by atoms with Crippen LogP contribution in [0.1, 0.15) is 59.8 Å². The monoisotopic (exact) mass is 253 g/mol. The summed E-state index contributed by atoms with van der Waals surface area (Å²) in [4.78, 5) is 14.3. The second-order valence-corrected chi connectivity index (χ2v) is 6.96. The Morgan fingerprint density at radius 1 is 1.17 bits per heavy atom. The van der Waals surface area contributed by atoms with Gasteiger partial charge in [0.1, 0.15) is 5.60 Å². The maximum Gasteiger partial charge on any atom is 0.410 e. The first-order valence-corrected chi connectivity index (χ1v) is 7.38. The second kappa shape index (κ2) is 5.10. The van der Waals surface area contributed by atoms with E-state index in [1.165, 1.54) is 19.3 Å². The Labute approximate surface area is 111 Å². The fraction of sp³-hybridized carbons (Fsp3) is 0.933. The number of hydrogen-bond donors (Lipinski definition) is 0. The highest BCUT2D eigenvalue weighted by molar-refractivity contribution is 5.68. The Balaban J connectivity index is 2.05. The van der Waals surface area contributed by atoms with Crippen LogP contribution in [0.5, 0.6) is 0 Å². The number of likely N-dealkylation sites (tertiary alicyclic amines) is 1. The van der Waals surface area contributed by atoms with Crippen LogP contribution in [0.2, 0.25) is 0 Å². The molecule has 1 aliphatic heterocycles. The van der Waals surface area contributed by atoms with Gasteiger partial charge in [0.05, 0.1) is 0 Å². The van der Waals surface area contributed by atoms with E-state index in [-0.39, 0.29) is 11.7 Å². The molecule has 3 nitrogen and oxygen atoms in total. The van der Waals surface area contributed by atoms with E-state index in [2.05, 4.69) is 6.92 Å². The molecule has 2 rings (SSSR count). The summed E-state index contributed by atoms with van der Waals surface area (Å²) in [6.45, 7) is 9.04. The van der Waals surface area contributed by atoms with E-state index in [9.17, 15) is 4.79 Å². The van der Waals surface area contributed by atoms with Gasteiger partial charge in [0, 0.05) is 12.6 Å². The molecule has 1 heterocycles. The predicted octanol–water partition coefficient (Wildman–Crippen LogP) is 3.82. The van der Waals surface area contributed by atoms with Crippen molar-refractivity contribution in [3.8, 4) is 0 Å². The first kappa shape index (κ1) is 13.7. The van der Waals surface area contributed by atoms with E-state index in [1.54, 1.807) is 0 Å². The van der Waals surface area contributed by atoms with Crippen molar-refractivity contribution in [1.82, 2.24) is 4.90 Å². The lowest BCUT2D eigenvalue weighted by Gasteiger charge is -2.46. The molecule has 2 fully saturated rings. The molecule has 1 saturated carbocycles. The lowest BCUT2D eigenvalue weighted by Crippen LogP contribution is -2.52. The molecule has 0 bridgehead atoms. The third-order valence-corrected chi connectivity index (χ3v) is 4.35.